The Balaban J connectivity index is 1.48. The summed E-state index contributed by atoms with van der Waals surface area (Å²) in [7, 11) is 1.44. The number of aryl methyl sites for hydroxylation is 1. The van der Waals surface area contributed by atoms with Crippen molar-refractivity contribution < 1.29 is 13.9 Å². The summed E-state index contributed by atoms with van der Waals surface area (Å²) in [6.07, 6.45) is 5.46. The van der Waals surface area contributed by atoms with Gasteiger partial charge in [0.05, 0.1) is 18.8 Å². The lowest BCUT2D eigenvalue weighted by atomic mass is 9.99. The van der Waals surface area contributed by atoms with Gasteiger partial charge in [-0.25, -0.2) is 18.9 Å². The van der Waals surface area contributed by atoms with Crippen molar-refractivity contribution in [3.63, 3.8) is 0 Å². The molecular weight excluding hydrogens is 425 g/mol. The first kappa shape index (κ1) is 21.6. The van der Waals surface area contributed by atoms with Gasteiger partial charge in [-0.2, -0.15) is 5.10 Å². The van der Waals surface area contributed by atoms with Gasteiger partial charge in [0, 0.05) is 49.6 Å². The predicted octanol–water partition coefficient (Wildman–Crippen LogP) is 2.49. The van der Waals surface area contributed by atoms with Crippen molar-refractivity contribution in [2.24, 2.45) is 5.73 Å². The van der Waals surface area contributed by atoms with Crippen LogP contribution in [0.5, 0.6) is 5.88 Å². The highest BCUT2D eigenvalue weighted by Gasteiger charge is 2.33. The molecule has 0 spiro atoms. The van der Waals surface area contributed by atoms with Crippen LogP contribution in [0.25, 0.3) is 5.65 Å². The molecule has 0 aliphatic carbocycles. The van der Waals surface area contributed by atoms with Crippen LogP contribution in [0.2, 0.25) is 0 Å². The number of amides is 1. The van der Waals surface area contributed by atoms with Crippen LogP contribution in [-0.4, -0.2) is 63.2 Å². The van der Waals surface area contributed by atoms with Crippen LogP contribution in [0.15, 0.2) is 24.4 Å². The molecule has 2 atom stereocenters. The molecule has 0 radical (unpaired) electrons. The van der Waals surface area contributed by atoms with E-state index in [0.717, 1.165) is 61.5 Å². The minimum atomic E-state index is -0.661. The minimum absolute atomic E-state index is 0.162. The second-order valence-corrected chi connectivity index (χ2v) is 8.81. The topological polar surface area (TPSA) is 102 Å². The number of hydrogen-bond acceptors (Lipinski definition) is 7. The maximum atomic E-state index is 14.5. The van der Waals surface area contributed by atoms with Gasteiger partial charge in [0.1, 0.15) is 5.82 Å². The van der Waals surface area contributed by atoms with Crippen molar-refractivity contribution in [3.05, 3.63) is 47.2 Å². The number of halogens is 1. The fourth-order valence-corrected chi connectivity index (χ4v) is 4.79. The van der Waals surface area contributed by atoms with Gasteiger partial charge in [-0.05, 0) is 38.7 Å². The zero-order chi connectivity index (χ0) is 23.1. The highest BCUT2D eigenvalue weighted by Crippen LogP contribution is 2.33. The summed E-state index contributed by atoms with van der Waals surface area (Å²) in [6.45, 7) is 4.20. The molecule has 10 heteroatoms. The molecule has 5 rings (SSSR count). The molecule has 2 N–H and O–H groups in total. The molecule has 9 nitrogen and oxygen atoms in total. The van der Waals surface area contributed by atoms with Crippen molar-refractivity contribution in [2.75, 3.05) is 31.6 Å². The number of hydrogen-bond donors (Lipinski definition) is 1. The molecule has 0 bridgehead atoms. The number of aromatic nitrogens is 4. The van der Waals surface area contributed by atoms with Crippen molar-refractivity contribution in [2.45, 2.75) is 44.7 Å². The molecule has 1 amide bonds. The Morgan fingerprint density at radius 2 is 2.06 bits per heavy atom. The van der Waals surface area contributed by atoms with Gasteiger partial charge in [-0.1, -0.05) is 0 Å². The molecule has 3 aromatic heterocycles. The summed E-state index contributed by atoms with van der Waals surface area (Å²) < 4.78 is 21.3. The van der Waals surface area contributed by atoms with E-state index in [9.17, 15) is 9.18 Å². The number of methoxy groups -OCH3 is 1. The molecule has 0 aromatic carbocycles. The number of likely N-dealkylation sites (tertiary alicyclic amines) is 1. The van der Waals surface area contributed by atoms with Crippen molar-refractivity contribution in [1.82, 2.24) is 24.5 Å². The standard InChI is InChI=1S/C23H28FN7O2/c1-14-12-31-19(26-22(14)29-10-8-15(25)13-29)11-17(28-31)18-5-3-4-9-30(18)23(32)21-16(24)6-7-20(27-21)33-2/h6-7,11-12,15,18H,3-5,8-10,13,25H2,1-2H3. The van der Waals surface area contributed by atoms with E-state index >= 15 is 0 Å². The Kier molecular flexibility index (Phi) is 5.61. The molecule has 2 aliphatic heterocycles. The van der Waals surface area contributed by atoms with Crippen LogP contribution in [0, 0.1) is 12.7 Å². The van der Waals surface area contributed by atoms with E-state index in [1.165, 1.54) is 19.2 Å². The number of rotatable bonds is 4. The van der Waals surface area contributed by atoms with Crippen LogP contribution < -0.4 is 15.4 Å². The highest BCUT2D eigenvalue weighted by molar-refractivity contribution is 5.93. The fourth-order valence-electron chi connectivity index (χ4n) is 4.79. The van der Waals surface area contributed by atoms with Gasteiger partial charge in [0.15, 0.2) is 17.2 Å². The number of piperidine rings is 1. The number of nitrogens with two attached hydrogens (primary N) is 1. The predicted molar refractivity (Wildman–Crippen MR) is 121 cm³/mol. The van der Waals surface area contributed by atoms with Gasteiger partial charge in [-0.3, -0.25) is 4.79 Å². The lowest BCUT2D eigenvalue weighted by Crippen LogP contribution is -2.39. The summed E-state index contributed by atoms with van der Waals surface area (Å²) in [6, 6.07) is 4.42. The molecular formula is C23H28FN7O2. The first-order valence-corrected chi connectivity index (χ1v) is 11.3. The zero-order valence-corrected chi connectivity index (χ0v) is 18.9. The SMILES string of the molecule is COc1ccc(F)c(C(=O)N2CCCCC2c2cc3nc(N4CCC(N)C4)c(C)cn3n2)n1. The Morgan fingerprint density at radius 3 is 2.82 bits per heavy atom. The van der Waals surface area contributed by atoms with Crippen LogP contribution in [0.4, 0.5) is 10.2 Å². The fraction of sp³-hybridized carbons (Fsp3) is 0.478. The summed E-state index contributed by atoms with van der Waals surface area (Å²) in [4.78, 5) is 26.1. The normalized spacial score (nSPS) is 21.1. The van der Waals surface area contributed by atoms with Crippen LogP contribution >= 0.6 is 0 Å². The number of carbonyl (C=O) groups excluding carboxylic acids is 1. The molecule has 2 aliphatic rings. The number of pyridine rings is 1. The Hall–Kier alpha value is -3.27. The van der Waals surface area contributed by atoms with E-state index in [1.54, 1.807) is 9.42 Å². The van der Waals surface area contributed by atoms with E-state index in [1.807, 2.05) is 19.2 Å². The molecule has 2 saturated heterocycles. The maximum absolute atomic E-state index is 14.5. The summed E-state index contributed by atoms with van der Waals surface area (Å²) in [5, 5.41) is 4.74. The number of nitrogens with zero attached hydrogens (tertiary/aromatic N) is 6. The lowest BCUT2D eigenvalue weighted by molar-refractivity contribution is 0.0593. The van der Waals surface area contributed by atoms with Crippen LogP contribution in [-0.2, 0) is 0 Å². The second kappa shape index (κ2) is 8.58. The van der Waals surface area contributed by atoms with Crippen molar-refractivity contribution >= 4 is 17.4 Å². The van der Waals surface area contributed by atoms with E-state index in [4.69, 9.17) is 20.6 Å². The van der Waals surface area contributed by atoms with Gasteiger partial charge >= 0.3 is 0 Å². The summed E-state index contributed by atoms with van der Waals surface area (Å²) >= 11 is 0. The highest BCUT2D eigenvalue weighted by atomic mass is 19.1. The average Bonchev–Trinajstić information content (AvgIpc) is 3.44. The van der Waals surface area contributed by atoms with Gasteiger partial charge in [0.25, 0.3) is 5.91 Å². The van der Waals surface area contributed by atoms with Crippen LogP contribution in [0.3, 0.4) is 0 Å². The smallest absolute Gasteiger partial charge is 0.276 e. The third-order valence-corrected chi connectivity index (χ3v) is 6.49. The van der Waals surface area contributed by atoms with E-state index < -0.39 is 11.7 Å². The Morgan fingerprint density at radius 1 is 1.21 bits per heavy atom. The third-order valence-electron chi connectivity index (χ3n) is 6.49. The number of carbonyl (C=O) groups is 1. The molecule has 5 heterocycles. The Labute approximate surface area is 191 Å². The van der Waals surface area contributed by atoms with Crippen molar-refractivity contribution in [3.8, 4) is 5.88 Å². The molecule has 2 unspecified atom stereocenters. The molecule has 3 aromatic rings. The zero-order valence-electron chi connectivity index (χ0n) is 18.9. The van der Waals surface area contributed by atoms with Crippen LogP contribution in [0.1, 0.15) is 53.5 Å². The average molecular weight is 454 g/mol. The molecule has 33 heavy (non-hydrogen) atoms. The minimum Gasteiger partial charge on any atom is -0.481 e. The van der Waals surface area contributed by atoms with E-state index in [-0.39, 0.29) is 23.7 Å². The second-order valence-electron chi connectivity index (χ2n) is 8.81. The van der Waals surface area contributed by atoms with Gasteiger partial charge in [0.2, 0.25) is 5.88 Å². The van der Waals surface area contributed by atoms with E-state index in [0.29, 0.717) is 6.54 Å². The molecule has 2 fully saturated rings. The summed E-state index contributed by atoms with van der Waals surface area (Å²) in [5.74, 6) is 0.00548. The van der Waals surface area contributed by atoms with Gasteiger partial charge < -0.3 is 20.3 Å². The number of fused-ring (bicyclic) bond motifs is 1. The summed E-state index contributed by atoms with van der Waals surface area (Å²) in [5.41, 5.74) is 8.33. The maximum Gasteiger partial charge on any atom is 0.276 e. The largest absolute Gasteiger partial charge is 0.481 e. The van der Waals surface area contributed by atoms with Crippen molar-refractivity contribution in [1.29, 1.82) is 0 Å². The van der Waals surface area contributed by atoms with E-state index in [2.05, 4.69) is 9.88 Å². The quantitative estimate of drug-likeness (QED) is 0.648. The first-order chi connectivity index (χ1) is 15.9. The monoisotopic (exact) mass is 453 g/mol. The molecule has 0 saturated carbocycles. The Bertz CT molecular complexity index is 1200. The first-order valence-electron chi connectivity index (χ1n) is 11.3. The number of anilines is 1. The molecule has 174 valence electrons. The van der Waals surface area contributed by atoms with Gasteiger partial charge in [-0.15, -0.1) is 0 Å². The third kappa shape index (κ3) is 3.99. The lowest BCUT2D eigenvalue weighted by Gasteiger charge is -2.34. The number of ether oxygens (including phenoxy) is 1.